The number of carbonyl (C=O) groups excluding carboxylic acids is 1. The van der Waals surface area contributed by atoms with Crippen LogP contribution in [0.1, 0.15) is 18.4 Å². The second-order valence-electron chi connectivity index (χ2n) is 6.20. The Morgan fingerprint density at radius 1 is 1.23 bits per heavy atom. The first-order chi connectivity index (χ1) is 12.3. The topological polar surface area (TPSA) is 54.5 Å². The fraction of sp³-hybridized carbons (Fsp3) is 0.333. The molecule has 1 aliphatic rings. The van der Waals surface area contributed by atoms with Crippen LogP contribution in [0.3, 0.4) is 0 Å². The average Bonchev–Trinajstić information content (AvgIpc) is 3.41. The van der Waals surface area contributed by atoms with Crippen molar-refractivity contribution in [3.05, 3.63) is 48.2 Å². The lowest BCUT2D eigenvalue weighted by Gasteiger charge is -2.15. The second kappa shape index (κ2) is 7.33. The SMILES string of the molecule is CN(CC(=O)Nc1ccc(Oc2ccc(C(F)(F)F)cc2)nc1)C1CC1. The lowest BCUT2D eigenvalue weighted by molar-refractivity contribution is -0.137. The summed E-state index contributed by atoms with van der Waals surface area (Å²) < 4.78 is 43.0. The van der Waals surface area contributed by atoms with Crippen molar-refractivity contribution in [2.24, 2.45) is 0 Å². The summed E-state index contributed by atoms with van der Waals surface area (Å²) in [6, 6.07) is 8.01. The van der Waals surface area contributed by atoms with Crippen molar-refractivity contribution >= 4 is 11.6 Å². The Bertz CT molecular complexity index is 757. The van der Waals surface area contributed by atoms with Gasteiger partial charge in [-0.2, -0.15) is 13.2 Å². The predicted molar refractivity (Wildman–Crippen MR) is 90.0 cm³/mol. The molecule has 0 aliphatic heterocycles. The molecule has 5 nitrogen and oxygen atoms in total. The van der Waals surface area contributed by atoms with Crippen LogP contribution in [0.4, 0.5) is 18.9 Å². The molecule has 138 valence electrons. The zero-order valence-electron chi connectivity index (χ0n) is 14.1. The number of nitrogens with one attached hydrogen (secondary N) is 1. The van der Waals surface area contributed by atoms with Gasteiger partial charge in [-0.3, -0.25) is 9.69 Å². The number of rotatable bonds is 6. The van der Waals surface area contributed by atoms with Crippen LogP contribution in [-0.4, -0.2) is 35.4 Å². The van der Waals surface area contributed by atoms with Crippen molar-refractivity contribution in [1.82, 2.24) is 9.88 Å². The van der Waals surface area contributed by atoms with Gasteiger partial charge < -0.3 is 10.1 Å². The maximum Gasteiger partial charge on any atom is 0.416 e. The van der Waals surface area contributed by atoms with Crippen LogP contribution in [0.5, 0.6) is 11.6 Å². The summed E-state index contributed by atoms with van der Waals surface area (Å²) >= 11 is 0. The number of pyridine rings is 1. The molecular weight excluding hydrogens is 347 g/mol. The van der Waals surface area contributed by atoms with Crippen molar-refractivity contribution in [3.63, 3.8) is 0 Å². The van der Waals surface area contributed by atoms with Gasteiger partial charge in [0, 0.05) is 12.1 Å². The van der Waals surface area contributed by atoms with E-state index >= 15 is 0 Å². The molecule has 0 spiro atoms. The predicted octanol–water partition coefficient (Wildman–Crippen LogP) is 3.93. The molecule has 1 N–H and O–H groups in total. The number of nitrogens with zero attached hydrogens (tertiary/aromatic N) is 2. The van der Waals surface area contributed by atoms with Crippen LogP contribution >= 0.6 is 0 Å². The summed E-state index contributed by atoms with van der Waals surface area (Å²) in [6.45, 7) is 0.314. The highest BCUT2D eigenvalue weighted by atomic mass is 19.4. The van der Waals surface area contributed by atoms with Gasteiger partial charge in [0.2, 0.25) is 11.8 Å². The lowest BCUT2D eigenvalue weighted by Crippen LogP contribution is -2.31. The molecule has 3 rings (SSSR count). The standard InChI is InChI=1S/C18H18F3N3O2/c1-24(14-5-6-14)11-16(25)23-13-4-9-17(22-10-13)26-15-7-2-12(3-8-15)18(19,20)21/h2-4,7-10,14H,5-6,11H2,1H3,(H,23,25). The summed E-state index contributed by atoms with van der Waals surface area (Å²) in [5.41, 5.74) is -0.217. The van der Waals surface area contributed by atoms with Gasteiger partial charge >= 0.3 is 6.18 Å². The molecule has 26 heavy (non-hydrogen) atoms. The van der Waals surface area contributed by atoms with Gasteiger partial charge in [-0.25, -0.2) is 4.98 Å². The van der Waals surface area contributed by atoms with Crippen molar-refractivity contribution in [2.45, 2.75) is 25.1 Å². The largest absolute Gasteiger partial charge is 0.439 e. The number of hydrogen-bond acceptors (Lipinski definition) is 4. The third kappa shape index (κ3) is 4.95. The minimum absolute atomic E-state index is 0.127. The molecule has 0 radical (unpaired) electrons. The molecule has 8 heteroatoms. The molecule has 1 heterocycles. The molecule has 1 aliphatic carbocycles. The van der Waals surface area contributed by atoms with Gasteiger partial charge in [0.15, 0.2) is 0 Å². The molecule has 1 fully saturated rings. The van der Waals surface area contributed by atoms with E-state index in [4.69, 9.17) is 4.74 Å². The summed E-state index contributed by atoms with van der Waals surface area (Å²) in [5.74, 6) is 0.337. The smallest absolute Gasteiger partial charge is 0.416 e. The lowest BCUT2D eigenvalue weighted by atomic mass is 10.2. The molecule has 0 atom stereocenters. The minimum Gasteiger partial charge on any atom is -0.439 e. The Kier molecular flexibility index (Phi) is 5.13. The summed E-state index contributed by atoms with van der Waals surface area (Å²) in [6.07, 6.45) is -0.693. The third-order valence-electron chi connectivity index (χ3n) is 3.99. The van der Waals surface area contributed by atoms with E-state index in [1.165, 1.54) is 24.4 Å². The fourth-order valence-corrected chi connectivity index (χ4v) is 2.42. The molecule has 1 aromatic heterocycles. The molecule has 2 aromatic rings. The van der Waals surface area contributed by atoms with E-state index in [9.17, 15) is 18.0 Å². The fourth-order valence-electron chi connectivity index (χ4n) is 2.42. The Balaban J connectivity index is 1.54. The number of anilines is 1. The molecule has 1 aromatic carbocycles. The van der Waals surface area contributed by atoms with Gasteiger partial charge in [-0.1, -0.05) is 0 Å². The summed E-state index contributed by atoms with van der Waals surface area (Å²) in [4.78, 5) is 18.0. The maximum absolute atomic E-state index is 12.5. The normalized spacial score (nSPS) is 14.3. The minimum atomic E-state index is -4.38. The zero-order valence-corrected chi connectivity index (χ0v) is 14.1. The van der Waals surface area contributed by atoms with Crippen molar-refractivity contribution in [3.8, 4) is 11.6 Å². The summed E-state index contributed by atoms with van der Waals surface area (Å²) in [5, 5.41) is 2.75. The number of benzene rings is 1. The molecule has 0 bridgehead atoms. The van der Waals surface area contributed by atoms with E-state index in [0.29, 0.717) is 18.3 Å². The first-order valence-electron chi connectivity index (χ1n) is 8.12. The highest BCUT2D eigenvalue weighted by Gasteiger charge is 2.30. The van der Waals surface area contributed by atoms with E-state index < -0.39 is 11.7 Å². The van der Waals surface area contributed by atoms with E-state index in [2.05, 4.69) is 10.3 Å². The van der Waals surface area contributed by atoms with E-state index in [1.807, 2.05) is 11.9 Å². The molecule has 0 saturated heterocycles. The Hall–Kier alpha value is -2.61. The monoisotopic (exact) mass is 365 g/mol. The molecule has 1 saturated carbocycles. The zero-order chi connectivity index (χ0) is 18.7. The first kappa shape index (κ1) is 18.2. The van der Waals surface area contributed by atoms with Gasteiger partial charge in [-0.05, 0) is 50.2 Å². The van der Waals surface area contributed by atoms with Crippen molar-refractivity contribution in [1.29, 1.82) is 0 Å². The van der Waals surface area contributed by atoms with E-state index in [0.717, 1.165) is 25.0 Å². The van der Waals surface area contributed by atoms with Crippen LogP contribution in [-0.2, 0) is 11.0 Å². The first-order valence-corrected chi connectivity index (χ1v) is 8.12. The summed E-state index contributed by atoms with van der Waals surface area (Å²) in [7, 11) is 1.91. The molecule has 1 amide bonds. The number of amides is 1. The number of hydrogen-bond donors (Lipinski definition) is 1. The number of aromatic nitrogens is 1. The van der Waals surface area contributed by atoms with Crippen LogP contribution in [0, 0.1) is 0 Å². The quantitative estimate of drug-likeness (QED) is 0.843. The Labute approximate surface area is 148 Å². The molecular formula is C18H18F3N3O2. The van der Waals surface area contributed by atoms with Crippen LogP contribution < -0.4 is 10.1 Å². The Morgan fingerprint density at radius 2 is 1.92 bits per heavy atom. The van der Waals surface area contributed by atoms with Crippen LogP contribution in [0.25, 0.3) is 0 Å². The number of halogens is 3. The number of carbonyl (C=O) groups is 1. The van der Waals surface area contributed by atoms with Gasteiger partial charge in [-0.15, -0.1) is 0 Å². The van der Waals surface area contributed by atoms with E-state index in [1.54, 1.807) is 6.07 Å². The highest BCUT2D eigenvalue weighted by molar-refractivity contribution is 5.92. The number of ether oxygens (including phenoxy) is 1. The second-order valence-corrected chi connectivity index (χ2v) is 6.20. The van der Waals surface area contributed by atoms with Crippen LogP contribution in [0.15, 0.2) is 42.6 Å². The van der Waals surface area contributed by atoms with Gasteiger partial charge in [0.1, 0.15) is 5.75 Å². The Morgan fingerprint density at radius 3 is 2.46 bits per heavy atom. The maximum atomic E-state index is 12.5. The van der Waals surface area contributed by atoms with Crippen LogP contribution in [0.2, 0.25) is 0 Å². The highest BCUT2D eigenvalue weighted by Crippen LogP contribution is 2.31. The van der Waals surface area contributed by atoms with Gasteiger partial charge in [0.05, 0.1) is 24.0 Å². The average molecular weight is 365 g/mol. The van der Waals surface area contributed by atoms with Crippen molar-refractivity contribution < 1.29 is 22.7 Å². The number of alkyl halides is 3. The third-order valence-corrected chi connectivity index (χ3v) is 3.99. The van der Waals surface area contributed by atoms with E-state index in [-0.39, 0.29) is 17.5 Å². The van der Waals surface area contributed by atoms with Gasteiger partial charge in [0.25, 0.3) is 0 Å². The number of likely N-dealkylation sites (N-methyl/N-ethyl adjacent to an activating group) is 1. The molecule has 0 unspecified atom stereocenters. The van der Waals surface area contributed by atoms with Crippen molar-refractivity contribution in [2.75, 3.05) is 18.9 Å².